The minimum absolute atomic E-state index is 0.104. The lowest BCUT2D eigenvalue weighted by molar-refractivity contribution is -0.113. The Morgan fingerprint density at radius 3 is 2.46 bits per heavy atom. The number of carbonyl (C=O) groups is 1. The van der Waals surface area contributed by atoms with Gasteiger partial charge in [0.1, 0.15) is 5.01 Å². The molecule has 2 heterocycles. The van der Waals surface area contributed by atoms with Gasteiger partial charge in [0.2, 0.25) is 16.9 Å². The first-order chi connectivity index (χ1) is 12.6. The first-order valence-corrected chi connectivity index (χ1v) is 10.9. The first-order valence-electron chi connectivity index (χ1n) is 9.15. The molecular formula is C17H21N5O2S2. The number of amides is 1. The van der Waals surface area contributed by atoms with Crippen LogP contribution in [0.2, 0.25) is 0 Å². The fourth-order valence-electron chi connectivity index (χ4n) is 5.48. The molecule has 0 unspecified atom stereocenters. The molecule has 4 fully saturated rings. The Bertz CT molecular complexity index is 797. The number of nitrogens with zero attached hydrogens (tertiary/aromatic N) is 4. The van der Waals surface area contributed by atoms with E-state index < -0.39 is 0 Å². The lowest BCUT2D eigenvalue weighted by atomic mass is 9.49. The molecule has 2 aromatic heterocycles. The Morgan fingerprint density at radius 2 is 1.85 bits per heavy atom. The molecule has 1 amide bonds. The topological polar surface area (TPSA) is 93.8 Å². The summed E-state index contributed by atoms with van der Waals surface area (Å²) < 4.78 is 6.01. The summed E-state index contributed by atoms with van der Waals surface area (Å²) in [6.07, 6.45) is 7.76. The Morgan fingerprint density at radius 1 is 1.15 bits per heavy atom. The van der Waals surface area contributed by atoms with Crippen molar-refractivity contribution in [1.29, 1.82) is 0 Å². The summed E-state index contributed by atoms with van der Waals surface area (Å²) >= 11 is 2.64. The van der Waals surface area contributed by atoms with Crippen LogP contribution in [0.4, 0.5) is 5.13 Å². The van der Waals surface area contributed by atoms with Gasteiger partial charge in [0.15, 0.2) is 0 Å². The third-order valence-corrected chi connectivity index (χ3v) is 7.57. The van der Waals surface area contributed by atoms with Gasteiger partial charge in [0.05, 0.1) is 5.75 Å². The van der Waals surface area contributed by atoms with Crippen molar-refractivity contribution in [2.45, 2.75) is 56.1 Å². The summed E-state index contributed by atoms with van der Waals surface area (Å²) in [5, 5.41) is 20.9. The van der Waals surface area contributed by atoms with Crippen LogP contribution in [0.1, 0.15) is 49.4 Å². The van der Waals surface area contributed by atoms with E-state index in [1.807, 2.05) is 6.92 Å². The maximum atomic E-state index is 12.0. The van der Waals surface area contributed by atoms with Crippen LogP contribution in [0.3, 0.4) is 0 Å². The molecule has 6 rings (SSSR count). The SMILES string of the molecule is Cc1nnc(NC(=O)CSc2nnc(C34CC5CC(CC(C5)C3)C4)o2)s1. The van der Waals surface area contributed by atoms with Crippen LogP contribution >= 0.6 is 23.1 Å². The van der Waals surface area contributed by atoms with E-state index in [2.05, 4.69) is 25.7 Å². The number of aryl methyl sites for hydroxylation is 1. The van der Waals surface area contributed by atoms with E-state index >= 15 is 0 Å². The van der Waals surface area contributed by atoms with Crippen molar-refractivity contribution in [2.75, 3.05) is 11.1 Å². The van der Waals surface area contributed by atoms with Gasteiger partial charge in [-0.05, 0) is 63.2 Å². The number of hydrogen-bond acceptors (Lipinski definition) is 8. The lowest BCUT2D eigenvalue weighted by Gasteiger charge is -2.55. The molecule has 7 nitrogen and oxygen atoms in total. The van der Waals surface area contributed by atoms with Crippen LogP contribution in [0.5, 0.6) is 0 Å². The number of thioether (sulfide) groups is 1. The summed E-state index contributed by atoms with van der Waals surface area (Å²) in [6.45, 7) is 1.85. The van der Waals surface area contributed by atoms with Crippen LogP contribution < -0.4 is 5.32 Å². The minimum atomic E-state index is -0.138. The minimum Gasteiger partial charge on any atom is -0.415 e. The van der Waals surface area contributed by atoms with Gasteiger partial charge in [-0.1, -0.05) is 23.1 Å². The predicted molar refractivity (Wildman–Crippen MR) is 98.1 cm³/mol. The van der Waals surface area contributed by atoms with Crippen molar-refractivity contribution in [3.8, 4) is 0 Å². The standard InChI is InChI=1S/C17H21N5O2S2/c1-9-19-21-15(26-9)18-13(23)8-25-16-22-20-14(24-16)17-5-10-2-11(6-17)4-12(3-10)7-17/h10-12H,2-8H2,1H3,(H,18,21,23). The highest BCUT2D eigenvalue weighted by molar-refractivity contribution is 7.99. The fourth-order valence-corrected chi connectivity index (χ4v) is 6.66. The number of carbonyl (C=O) groups excluding carboxylic acids is 1. The summed E-state index contributed by atoms with van der Waals surface area (Å²) in [5.41, 5.74) is 0.104. The van der Waals surface area contributed by atoms with Gasteiger partial charge in [-0.15, -0.1) is 20.4 Å². The molecule has 0 radical (unpaired) electrons. The molecule has 26 heavy (non-hydrogen) atoms. The molecular weight excluding hydrogens is 370 g/mol. The molecule has 0 aliphatic heterocycles. The van der Waals surface area contributed by atoms with Crippen molar-refractivity contribution in [1.82, 2.24) is 20.4 Å². The van der Waals surface area contributed by atoms with Crippen molar-refractivity contribution in [2.24, 2.45) is 17.8 Å². The van der Waals surface area contributed by atoms with E-state index in [9.17, 15) is 4.79 Å². The van der Waals surface area contributed by atoms with Crippen LogP contribution in [0.25, 0.3) is 0 Å². The molecule has 9 heteroatoms. The highest BCUT2D eigenvalue weighted by atomic mass is 32.2. The molecule has 4 aliphatic rings. The molecule has 138 valence electrons. The Balaban J connectivity index is 1.23. The Labute approximate surface area is 159 Å². The average Bonchev–Trinajstić information content (AvgIpc) is 3.21. The summed E-state index contributed by atoms with van der Waals surface area (Å²) in [4.78, 5) is 12.0. The molecule has 4 bridgehead atoms. The van der Waals surface area contributed by atoms with Crippen LogP contribution in [0.15, 0.2) is 9.64 Å². The van der Waals surface area contributed by atoms with Gasteiger partial charge in [-0.3, -0.25) is 10.1 Å². The van der Waals surface area contributed by atoms with Gasteiger partial charge in [-0.25, -0.2) is 0 Å². The maximum Gasteiger partial charge on any atom is 0.277 e. The van der Waals surface area contributed by atoms with E-state index in [4.69, 9.17) is 4.42 Å². The molecule has 0 atom stereocenters. The van der Waals surface area contributed by atoms with Gasteiger partial charge < -0.3 is 4.42 Å². The predicted octanol–water partition coefficient (Wildman–Crippen LogP) is 3.43. The highest BCUT2D eigenvalue weighted by Crippen LogP contribution is 2.60. The molecule has 0 saturated heterocycles. The molecule has 0 spiro atoms. The summed E-state index contributed by atoms with van der Waals surface area (Å²) in [5.74, 6) is 3.40. The second-order valence-electron chi connectivity index (χ2n) is 8.03. The van der Waals surface area contributed by atoms with Crippen LogP contribution in [-0.2, 0) is 10.2 Å². The van der Waals surface area contributed by atoms with Gasteiger partial charge in [0.25, 0.3) is 5.22 Å². The molecule has 0 aromatic carbocycles. The lowest BCUT2D eigenvalue weighted by Crippen LogP contribution is -2.48. The molecule has 1 N–H and O–H groups in total. The zero-order chi connectivity index (χ0) is 17.7. The van der Waals surface area contributed by atoms with E-state index in [1.165, 1.54) is 61.6 Å². The summed E-state index contributed by atoms with van der Waals surface area (Å²) in [6, 6.07) is 0. The quantitative estimate of drug-likeness (QED) is 0.780. The van der Waals surface area contributed by atoms with E-state index in [0.717, 1.165) is 28.7 Å². The monoisotopic (exact) mass is 391 g/mol. The Kier molecular flexibility index (Phi) is 4.04. The highest BCUT2D eigenvalue weighted by Gasteiger charge is 2.54. The number of anilines is 1. The average molecular weight is 392 g/mol. The van der Waals surface area contributed by atoms with Gasteiger partial charge in [-0.2, -0.15) is 0 Å². The largest absolute Gasteiger partial charge is 0.415 e. The molecule has 2 aromatic rings. The fraction of sp³-hybridized carbons (Fsp3) is 0.706. The number of aromatic nitrogens is 4. The second kappa shape index (κ2) is 6.30. The first kappa shape index (κ1) is 16.7. The van der Waals surface area contributed by atoms with Crippen molar-refractivity contribution < 1.29 is 9.21 Å². The third kappa shape index (κ3) is 3.05. The Hall–Kier alpha value is -1.48. The van der Waals surface area contributed by atoms with Crippen LogP contribution in [0, 0.1) is 24.7 Å². The van der Waals surface area contributed by atoms with Crippen molar-refractivity contribution >= 4 is 34.1 Å². The molecule has 4 aliphatic carbocycles. The molecule has 4 saturated carbocycles. The number of hydrogen-bond donors (Lipinski definition) is 1. The number of rotatable bonds is 5. The number of nitrogens with one attached hydrogen (secondary N) is 1. The second-order valence-corrected chi connectivity index (χ2v) is 10.1. The normalized spacial score (nSPS) is 32.1. The maximum absolute atomic E-state index is 12.0. The zero-order valence-corrected chi connectivity index (χ0v) is 16.2. The van der Waals surface area contributed by atoms with Gasteiger partial charge >= 0.3 is 0 Å². The van der Waals surface area contributed by atoms with Gasteiger partial charge in [0, 0.05) is 5.41 Å². The van der Waals surface area contributed by atoms with Crippen molar-refractivity contribution in [3.05, 3.63) is 10.9 Å². The van der Waals surface area contributed by atoms with E-state index in [-0.39, 0.29) is 17.1 Å². The smallest absolute Gasteiger partial charge is 0.277 e. The summed E-state index contributed by atoms with van der Waals surface area (Å²) in [7, 11) is 0. The third-order valence-electron chi connectivity index (χ3n) is 6.00. The van der Waals surface area contributed by atoms with Crippen LogP contribution in [-0.4, -0.2) is 32.1 Å². The van der Waals surface area contributed by atoms with Crippen molar-refractivity contribution in [3.63, 3.8) is 0 Å². The zero-order valence-electron chi connectivity index (χ0n) is 14.6. The van der Waals surface area contributed by atoms with E-state index in [1.54, 1.807) is 0 Å². The van der Waals surface area contributed by atoms with E-state index in [0.29, 0.717) is 10.4 Å².